The van der Waals surface area contributed by atoms with Gasteiger partial charge >= 0.3 is 0 Å². The average molecular weight is 368 g/mol. The van der Waals surface area contributed by atoms with Crippen molar-refractivity contribution in [2.24, 2.45) is 0 Å². The normalized spacial score (nSPS) is 16.8. The summed E-state index contributed by atoms with van der Waals surface area (Å²) < 4.78 is 5.14. The number of hydrogen-bond donors (Lipinski definition) is 1. The minimum Gasteiger partial charge on any atom is -0.497 e. The van der Waals surface area contributed by atoms with Crippen LogP contribution in [0.25, 0.3) is 0 Å². The van der Waals surface area contributed by atoms with Gasteiger partial charge in [0.15, 0.2) is 0 Å². The van der Waals surface area contributed by atoms with E-state index in [0.29, 0.717) is 37.7 Å². The van der Waals surface area contributed by atoms with Gasteiger partial charge in [0, 0.05) is 37.3 Å². The van der Waals surface area contributed by atoms with Gasteiger partial charge in [-0.2, -0.15) is 0 Å². The molecular formula is C20H24N4O3. The van der Waals surface area contributed by atoms with E-state index in [4.69, 9.17) is 9.72 Å². The molecule has 1 aliphatic heterocycles. The second-order valence-electron chi connectivity index (χ2n) is 7.03. The van der Waals surface area contributed by atoms with Crippen LogP contribution in [0, 0.1) is 0 Å². The first-order chi connectivity index (χ1) is 13.2. The Balaban J connectivity index is 1.43. The van der Waals surface area contributed by atoms with E-state index in [-0.39, 0.29) is 11.5 Å². The smallest absolute Gasteiger partial charge is 0.255 e. The van der Waals surface area contributed by atoms with Crippen LogP contribution in [0.4, 0.5) is 5.95 Å². The molecule has 27 heavy (non-hydrogen) atoms. The molecule has 2 aromatic rings. The predicted molar refractivity (Wildman–Crippen MR) is 103 cm³/mol. The lowest BCUT2D eigenvalue weighted by atomic mass is 9.97. The van der Waals surface area contributed by atoms with Crippen molar-refractivity contribution in [3.8, 4) is 5.75 Å². The molecule has 1 aromatic heterocycles. The van der Waals surface area contributed by atoms with E-state index >= 15 is 0 Å². The SMILES string of the molecule is COc1ccc(C(=O)N2CCN(c3nc4c(c(=O)[nH]3)CCCC4)CC2)cc1. The molecule has 0 radical (unpaired) electrons. The first-order valence-corrected chi connectivity index (χ1v) is 9.46. The van der Waals surface area contributed by atoms with E-state index in [1.54, 1.807) is 31.4 Å². The zero-order valence-corrected chi connectivity index (χ0v) is 15.5. The summed E-state index contributed by atoms with van der Waals surface area (Å²) in [7, 11) is 1.61. The van der Waals surface area contributed by atoms with Crippen molar-refractivity contribution in [2.45, 2.75) is 25.7 Å². The van der Waals surface area contributed by atoms with Gasteiger partial charge in [0.05, 0.1) is 12.8 Å². The van der Waals surface area contributed by atoms with Crippen LogP contribution >= 0.6 is 0 Å². The summed E-state index contributed by atoms with van der Waals surface area (Å²) in [6, 6.07) is 7.17. The topological polar surface area (TPSA) is 78.5 Å². The molecule has 1 N–H and O–H groups in total. The van der Waals surface area contributed by atoms with Crippen LogP contribution in [0.15, 0.2) is 29.1 Å². The Morgan fingerprint density at radius 3 is 2.48 bits per heavy atom. The average Bonchev–Trinajstić information content (AvgIpc) is 2.73. The first-order valence-electron chi connectivity index (χ1n) is 9.46. The molecule has 2 heterocycles. The lowest BCUT2D eigenvalue weighted by molar-refractivity contribution is 0.0746. The third-order valence-electron chi connectivity index (χ3n) is 5.38. The molecule has 2 aliphatic rings. The number of benzene rings is 1. The van der Waals surface area contributed by atoms with Crippen LogP contribution in [-0.2, 0) is 12.8 Å². The van der Waals surface area contributed by atoms with Crippen LogP contribution in [0.1, 0.15) is 34.5 Å². The number of aromatic amines is 1. The second-order valence-corrected chi connectivity index (χ2v) is 7.03. The monoisotopic (exact) mass is 368 g/mol. The number of aryl methyl sites for hydroxylation is 1. The highest BCUT2D eigenvalue weighted by atomic mass is 16.5. The Morgan fingerprint density at radius 2 is 1.78 bits per heavy atom. The number of carbonyl (C=O) groups is 1. The van der Waals surface area contributed by atoms with Crippen LogP contribution in [-0.4, -0.2) is 54.1 Å². The fraction of sp³-hybridized carbons (Fsp3) is 0.450. The van der Waals surface area contributed by atoms with Crippen LogP contribution in [0.5, 0.6) is 5.75 Å². The Hall–Kier alpha value is -2.83. The van der Waals surface area contributed by atoms with Gasteiger partial charge in [-0.1, -0.05) is 0 Å². The number of aromatic nitrogens is 2. The molecule has 1 saturated heterocycles. The largest absolute Gasteiger partial charge is 0.497 e. The minimum absolute atomic E-state index is 0.00793. The molecule has 0 spiro atoms. The van der Waals surface area contributed by atoms with Crippen molar-refractivity contribution < 1.29 is 9.53 Å². The Morgan fingerprint density at radius 1 is 1.07 bits per heavy atom. The lowest BCUT2D eigenvalue weighted by Crippen LogP contribution is -2.49. The Bertz CT molecular complexity index is 883. The fourth-order valence-corrected chi connectivity index (χ4v) is 3.78. The number of methoxy groups -OCH3 is 1. The number of hydrogen-bond acceptors (Lipinski definition) is 5. The second kappa shape index (κ2) is 7.42. The van der Waals surface area contributed by atoms with E-state index in [1.165, 1.54) is 0 Å². The van der Waals surface area contributed by atoms with Gasteiger partial charge in [-0.25, -0.2) is 4.98 Å². The van der Waals surface area contributed by atoms with E-state index in [0.717, 1.165) is 42.7 Å². The molecular weight excluding hydrogens is 344 g/mol. The molecule has 142 valence electrons. The molecule has 0 bridgehead atoms. The number of rotatable bonds is 3. The molecule has 1 aliphatic carbocycles. The van der Waals surface area contributed by atoms with Gasteiger partial charge in [-0.15, -0.1) is 0 Å². The molecule has 4 rings (SSSR count). The number of carbonyl (C=O) groups excluding carboxylic acids is 1. The zero-order chi connectivity index (χ0) is 18.8. The van der Waals surface area contributed by atoms with Gasteiger partial charge in [-0.3, -0.25) is 14.6 Å². The molecule has 7 heteroatoms. The van der Waals surface area contributed by atoms with E-state index < -0.39 is 0 Å². The van der Waals surface area contributed by atoms with Crippen molar-refractivity contribution in [1.82, 2.24) is 14.9 Å². The number of amides is 1. The van der Waals surface area contributed by atoms with Gasteiger partial charge < -0.3 is 14.5 Å². The number of anilines is 1. The lowest BCUT2D eigenvalue weighted by Gasteiger charge is -2.35. The highest BCUT2D eigenvalue weighted by molar-refractivity contribution is 5.94. The van der Waals surface area contributed by atoms with E-state index in [1.807, 2.05) is 4.90 Å². The van der Waals surface area contributed by atoms with Crippen molar-refractivity contribution in [3.63, 3.8) is 0 Å². The third kappa shape index (κ3) is 3.54. The van der Waals surface area contributed by atoms with Gasteiger partial charge in [0.2, 0.25) is 5.95 Å². The van der Waals surface area contributed by atoms with Crippen molar-refractivity contribution in [2.75, 3.05) is 38.2 Å². The summed E-state index contributed by atoms with van der Waals surface area (Å²) in [4.78, 5) is 36.6. The number of nitrogens with one attached hydrogen (secondary N) is 1. The minimum atomic E-state index is -0.00793. The first kappa shape index (κ1) is 17.6. The number of piperazine rings is 1. The van der Waals surface area contributed by atoms with Crippen LogP contribution in [0.3, 0.4) is 0 Å². The molecule has 7 nitrogen and oxygen atoms in total. The molecule has 1 amide bonds. The van der Waals surface area contributed by atoms with Crippen molar-refractivity contribution in [1.29, 1.82) is 0 Å². The quantitative estimate of drug-likeness (QED) is 0.891. The molecule has 0 unspecified atom stereocenters. The standard InChI is InChI=1S/C20H24N4O3/c1-27-15-8-6-14(7-9-15)19(26)23-10-12-24(13-11-23)20-21-17-5-3-2-4-16(17)18(25)22-20/h6-9H,2-5,10-13H2,1H3,(H,21,22,25). The number of ether oxygens (including phenoxy) is 1. The zero-order valence-electron chi connectivity index (χ0n) is 15.5. The number of H-pyrrole nitrogens is 1. The fourth-order valence-electron chi connectivity index (χ4n) is 3.78. The van der Waals surface area contributed by atoms with Crippen LogP contribution < -0.4 is 15.2 Å². The van der Waals surface area contributed by atoms with Crippen molar-refractivity contribution in [3.05, 3.63) is 51.4 Å². The van der Waals surface area contributed by atoms with Gasteiger partial charge in [0.1, 0.15) is 5.75 Å². The molecule has 0 saturated carbocycles. The maximum absolute atomic E-state index is 12.7. The predicted octanol–water partition coefficient (Wildman–Crippen LogP) is 1.62. The highest BCUT2D eigenvalue weighted by Gasteiger charge is 2.25. The molecule has 1 fully saturated rings. The number of fused-ring (bicyclic) bond motifs is 1. The molecule has 0 atom stereocenters. The summed E-state index contributed by atoms with van der Waals surface area (Å²) in [5, 5.41) is 0. The summed E-state index contributed by atoms with van der Waals surface area (Å²) >= 11 is 0. The van der Waals surface area contributed by atoms with Gasteiger partial charge in [0.25, 0.3) is 11.5 Å². The van der Waals surface area contributed by atoms with E-state index in [9.17, 15) is 9.59 Å². The summed E-state index contributed by atoms with van der Waals surface area (Å²) in [5.74, 6) is 1.39. The molecule has 1 aromatic carbocycles. The Labute approximate surface area is 158 Å². The number of nitrogens with zero attached hydrogens (tertiary/aromatic N) is 3. The maximum atomic E-state index is 12.7. The Kier molecular flexibility index (Phi) is 4.83. The highest BCUT2D eigenvalue weighted by Crippen LogP contribution is 2.20. The summed E-state index contributed by atoms with van der Waals surface area (Å²) in [5.41, 5.74) is 2.44. The van der Waals surface area contributed by atoms with Crippen LogP contribution in [0.2, 0.25) is 0 Å². The third-order valence-corrected chi connectivity index (χ3v) is 5.38. The summed E-state index contributed by atoms with van der Waals surface area (Å²) in [6.07, 6.45) is 3.85. The summed E-state index contributed by atoms with van der Waals surface area (Å²) in [6.45, 7) is 2.52. The maximum Gasteiger partial charge on any atom is 0.255 e. The van der Waals surface area contributed by atoms with E-state index in [2.05, 4.69) is 9.88 Å². The van der Waals surface area contributed by atoms with Gasteiger partial charge in [-0.05, 0) is 49.9 Å². The van der Waals surface area contributed by atoms with Crippen molar-refractivity contribution >= 4 is 11.9 Å².